The molecule has 0 saturated carbocycles. The van der Waals surface area contributed by atoms with Crippen molar-refractivity contribution in [3.8, 4) is 0 Å². The molecule has 28 heavy (non-hydrogen) atoms. The van der Waals surface area contributed by atoms with E-state index >= 15 is 0 Å². The van der Waals surface area contributed by atoms with Crippen LogP contribution in [0.3, 0.4) is 0 Å². The monoisotopic (exact) mass is 396 g/mol. The maximum atomic E-state index is 12.8. The molecule has 0 unspecified atom stereocenters. The summed E-state index contributed by atoms with van der Waals surface area (Å²) in [6, 6.07) is 2.70. The van der Waals surface area contributed by atoms with E-state index in [2.05, 4.69) is 0 Å². The Morgan fingerprint density at radius 3 is 1.93 bits per heavy atom. The first-order valence-electron chi connectivity index (χ1n) is 8.86. The summed E-state index contributed by atoms with van der Waals surface area (Å²) in [4.78, 5) is 50.3. The minimum absolute atomic E-state index is 0.162. The van der Waals surface area contributed by atoms with Crippen molar-refractivity contribution in [2.45, 2.75) is 66.2 Å². The van der Waals surface area contributed by atoms with Gasteiger partial charge in [-0.1, -0.05) is 0 Å². The molecular weight excluding hydrogens is 368 g/mol. The number of imide groups is 1. The standard InChI is InChI=1S/C19H28N2O7/c1-8-26-14(22)12-20-11-9-10-13(15(20)23)21(16(24)27-18(2,3)4)17(25)28-19(5,6)7/h9-11H,8,12H2,1-7H3. The Morgan fingerprint density at radius 2 is 1.50 bits per heavy atom. The van der Waals surface area contributed by atoms with Gasteiger partial charge in [0, 0.05) is 6.20 Å². The summed E-state index contributed by atoms with van der Waals surface area (Å²) in [5, 5.41) is 0. The molecule has 156 valence electrons. The molecule has 0 radical (unpaired) electrons. The molecule has 0 aliphatic heterocycles. The van der Waals surface area contributed by atoms with E-state index in [1.54, 1.807) is 48.5 Å². The van der Waals surface area contributed by atoms with Gasteiger partial charge >= 0.3 is 18.2 Å². The number of aromatic nitrogens is 1. The van der Waals surface area contributed by atoms with Gasteiger partial charge in [0.15, 0.2) is 0 Å². The first-order valence-corrected chi connectivity index (χ1v) is 8.86. The van der Waals surface area contributed by atoms with Gasteiger partial charge in [0.2, 0.25) is 0 Å². The summed E-state index contributed by atoms with van der Waals surface area (Å²) in [7, 11) is 0. The Morgan fingerprint density at radius 1 is 1.00 bits per heavy atom. The third kappa shape index (κ3) is 7.05. The van der Waals surface area contributed by atoms with E-state index in [4.69, 9.17) is 14.2 Å². The normalized spacial score (nSPS) is 11.5. The lowest BCUT2D eigenvalue weighted by atomic mass is 10.2. The molecule has 1 aromatic heterocycles. The van der Waals surface area contributed by atoms with Crippen LogP contribution in [0, 0.1) is 0 Å². The molecule has 0 aromatic carbocycles. The van der Waals surface area contributed by atoms with E-state index in [9.17, 15) is 19.2 Å². The topological polar surface area (TPSA) is 104 Å². The Bertz CT molecular complexity index is 757. The molecule has 1 heterocycles. The average molecular weight is 396 g/mol. The van der Waals surface area contributed by atoms with Gasteiger partial charge in [-0.3, -0.25) is 9.59 Å². The number of anilines is 1. The lowest BCUT2D eigenvalue weighted by Crippen LogP contribution is -2.46. The molecule has 0 fully saturated rings. The van der Waals surface area contributed by atoms with Crippen molar-refractivity contribution in [3.63, 3.8) is 0 Å². The van der Waals surface area contributed by atoms with Crippen molar-refractivity contribution in [2.24, 2.45) is 0 Å². The number of nitrogens with zero attached hydrogens (tertiary/aromatic N) is 2. The number of pyridine rings is 1. The quantitative estimate of drug-likeness (QED) is 0.569. The number of carbonyl (C=O) groups excluding carboxylic acids is 3. The van der Waals surface area contributed by atoms with E-state index in [0.717, 1.165) is 4.57 Å². The van der Waals surface area contributed by atoms with E-state index in [1.807, 2.05) is 0 Å². The molecule has 1 rings (SSSR count). The van der Waals surface area contributed by atoms with Crippen LogP contribution in [0.25, 0.3) is 0 Å². The van der Waals surface area contributed by atoms with Gasteiger partial charge in [-0.15, -0.1) is 0 Å². The predicted octanol–water partition coefficient (Wildman–Crippen LogP) is 3.09. The van der Waals surface area contributed by atoms with Crippen LogP contribution < -0.4 is 10.5 Å². The van der Waals surface area contributed by atoms with Crippen LogP contribution in [0.5, 0.6) is 0 Å². The van der Waals surface area contributed by atoms with Crippen LogP contribution in [-0.2, 0) is 25.5 Å². The SMILES string of the molecule is CCOC(=O)Cn1cccc(N(C(=O)OC(C)(C)C)C(=O)OC(C)(C)C)c1=O. The van der Waals surface area contributed by atoms with Crippen LogP contribution >= 0.6 is 0 Å². The van der Waals surface area contributed by atoms with Gasteiger partial charge in [0.1, 0.15) is 23.4 Å². The number of esters is 1. The predicted molar refractivity (Wildman–Crippen MR) is 102 cm³/mol. The van der Waals surface area contributed by atoms with Crippen molar-refractivity contribution < 1.29 is 28.6 Å². The summed E-state index contributed by atoms with van der Waals surface area (Å²) >= 11 is 0. The molecule has 0 aliphatic rings. The van der Waals surface area contributed by atoms with Gasteiger partial charge in [-0.25, -0.2) is 9.59 Å². The van der Waals surface area contributed by atoms with Crippen molar-refractivity contribution >= 4 is 23.8 Å². The second kappa shape index (κ2) is 8.90. The lowest BCUT2D eigenvalue weighted by molar-refractivity contribution is -0.143. The number of hydrogen-bond donors (Lipinski definition) is 0. The second-order valence-corrected chi connectivity index (χ2v) is 7.93. The minimum Gasteiger partial charge on any atom is -0.465 e. The largest absolute Gasteiger partial charge is 0.465 e. The van der Waals surface area contributed by atoms with Gasteiger partial charge in [0.25, 0.3) is 5.56 Å². The van der Waals surface area contributed by atoms with Crippen LogP contribution in [-0.4, -0.2) is 40.5 Å². The smallest absolute Gasteiger partial charge is 0.424 e. The number of rotatable bonds is 4. The molecule has 0 spiro atoms. The summed E-state index contributed by atoms with van der Waals surface area (Å²) in [6.07, 6.45) is -0.772. The fourth-order valence-electron chi connectivity index (χ4n) is 2.05. The van der Waals surface area contributed by atoms with E-state index in [-0.39, 0.29) is 18.8 Å². The number of carbonyl (C=O) groups is 3. The fourth-order valence-corrected chi connectivity index (χ4v) is 2.05. The molecule has 0 atom stereocenters. The van der Waals surface area contributed by atoms with Crippen LogP contribution in [0.2, 0.25) is 0 Å². The highest BCUT2D eigenvalue weighted by molar-refractivity contribution is 6.09. The molecule has 9 heteroatoms. The van der Waals surface area contributed by atoms with Gasteiger partial charge in [-0.2, -0.15) is 4.90 Å². The Labute approximate surface area is 164 Å². The van der Waals surface area contributed by atoms with Crippen LogP contribution in [0.1, 0.15) is 48.5 Å². The maximum absolute atomic E-state index is 12.8. The average Bonchev–Trinajstić information content (AvgIpc) is 2.47. The Kier molecular flexibility index (Phi) is 7.37. The van der Waals surface area contributed by atoms with Crippen molar-refractivity contribution in [1.29, 1.82) is 0 Å². The van der Waals surface area contributed by atoms with Crippen molar-refractivity contribution in [2.75, 3.05) is 11.5 Å². The van der Waals surface area contributed by atoms with Gasteiger partial charge in [-0.05, 0) is 60.6 Å². The molecule has 0 N–H and O–H groups in total. The van der Waals surface area contributed by atoms with E-state index in [0.29, 0.717) is 4.90 Å². The van der Waals surface area contributed by atoms with Crippen molar-refractivity contribution in [1.82, 2.24) is 4.57 Å². The zero-order chi connectivity index (χ0) is 21.7. The van der Waals surface area contributed by atoms with Gasteiger partial charge in [0.05, 0.1) is 6.61 Å². The molecular formula is C19H28N2O7. The summed E-state index contributed by atoms with van der Waals surface area (Å²) in [5.74, 6) is -0.622. The zero-order valence-electron chi connectivity index (χ0n) is 17.4. The van der Waals surface area contributed by atoms with Gasteiger partial charge < -0.3 is 18.8 Å². The summed E-state index contributed by atoms with van der Waals surface area (Å²) < 4.78 is 16.4. The number of hydrogen-bond acceptors (Lipinski definition) is 7. The highest BCUT2D eigenvalue weighted by atomic mass is 16.6. The Balaban J connectivity index is 3.37. The van der Waals surface area contributed by atoms with E-state index in [1.165, 1.54) is 18.3 Å². The minimum atomic E-state index is -1.06. The molecule has 9 nitrogen and oxygen atoms in total. The molecule has 0 aliphatic carbocycles. The Hall–Kier alpha value is -2.84. The maximum Gasteiger partial charge on any atom is 0.424 e. The van der Waals surface area contributed by atoms with Crippen LogP contribution in [0.4, 0.5) is 15.3 Å². The summed E-state index contributed by atoms with van der Waals surface area (Å²) in [6.45, 7) is 11.2. The second-order valence-electron chi connectivity index (χ2n) is 7.93. The zero-order valence-corrected chi connectivity index (χ0v) is 17.4. The third-order valence-corrected chi connectivity index (χ3v) is 3.00. The number of amides is 2. The molecule has 2 amide bonds. The molecule has 1 aromatic rings. The van der Waals surface area contributed by atoms with Crippen molar-refractivity contribution in [3.05, 3.63) is 28.7 Å². The first-order chi connectivity index (χ1) is 12.7. The fraction of sp³-hybridized carbons (Fsp3) is 0.579. The summed E-state index contributed by atoms with van der Waals surface area (Å²) in [5.41, 5.74) is -2.85. The van der Waals surface area contributed by atoms with Crippen LogP contribution in [0.15, 0.2) is 23.1 Å². The first kappa shape index (κ1) is 23.2. The molecule has 0 bridgehead atoms. The number of ether oxygens (including phenoxy) is 3. The third-order valence-electron chi connectivity index (χ3n) is 3.00. The molecule has 0 saturated heterocycles. The highest BCUT2D eigenvalue weighted by Crippen LogP contribution is 2.19. The highest BCUT2D eigenvalue weighted by Gasteiger charge is 2.34. The lowest BCUT2D eigenvalue weighted by Gasteiger charge is -2.28. The van der Waals surface area contributed by atoms with E-state index < -0.39 is 34.9 Å².